The number of hydrogen-bond acceptors (Lipinski definition) is 3. The summed E-state index contributed by atoms with van der Waals surface area (Å²) in [6.07, 6.45) is 1.61. The van der Waals surface area contributed by atoms with Crippen molar-refractivity contribution in [2.24, 2.45) is 5.73 Å². The molecule has 0 unspecified atom stereocenters. The maximum atomic E-state index is 13.6. The number of halogens is 1. The maximum Gasteiger partial charge on any atom is 0.142 e. The van der Waals surface area contributed by atoms with Crippen molar-refractivity contribution in [1.29, 1.82) is 5.41 Å². The van der Waals surface area contributed by atoms with Crippen molar-refractivity contribution in [3.05, 3.63) is 65.2 Å². The number of aromatic nitrogens is 1. The SMILES string of the molecule is CN(Cc1ccccc1F)Cc1cccnc1C(=N)N. The molecule has 0 atom stereocenters. The second-order valence-corrected chi connectivity index (χ2v) is 4.69. The summed E-state index contributed by atoms with van der Waals surface area (Å²) in [6.45, 7) is 1.04. The van der Waals surface area contributed by atoms with Gasteiger partial charge in [0, 0.05) is 24.8 Å². The Labute approximate surface area is 117 Å². The number of nitrogens with two attached hydrogens (primary N) is 1. The van der Waals surface area contributed by atoms with Gasteiger partial charge in [-0.1, -0.05) is 24.3 Å². The van der Waals surface area contributed by atoms with Crippen molar-refractivity contribution in [1.82, 2.24) is 9.88 Å². The molecule has 5 heteroatoms. The Morgan fingerprint density at radius 3 is 2.55 bits per heavy atom. The highest BCUT2D eigenvalue weighted by molar-refractivity contribution is 5.94. The summed E-state index contributed by atoms with van der Waals surface area (Å²) >= 11 is 0. The standard InChI is InChI=1S/C15H17FN4/c1-20(9-11-5-2-3-7-13(11)16)10-12-6-4-8-19-14(12)15(17)18/h2-8H,9-10H2,1H3,(H3,17,18). The highest BCUT2D eigenvalue weighted by Crippen LogP contribution is 2.13. The average molecular weight is 272 g/mol. The Kier molecular flexibility index (Phi) is 4.42. The summed E-state index contributed by atoms with van der Waals surface area (Å²) in [5.74, 6) is -0.266. The van der Waals surface area contributed by atoms with Crippen LogP contribution in [0.3, 0.4) is 0 Å². The molecule has 0 bridgehead atoms. The van der Waals surface area contributed by atoms with Gasteiger partial charge in [-0.2, -0.15) is 0 Å². The number of pyridine rings is 1. The van der Waals surface area contributed by atoms with Crippen LogP contribution in [-0.4, -0.2) is 22.8 Å². The molecule has 1 aromatic heterocycles. The second-order valence-electron chi connectivity index (χ2n) is 4.69. The van der Waals surface area contributed by atoms with Gasteiger partial charge in [0.1, 0.15) is 17.3 Å². The van der Waals surface area contributed by atoms with Gasteiger partial charge < -0.3 is 5.73 Å². The summed E-state index contributed by atoms with van der Waals surface area (Å²) in [6, 6.07) is 10.4. The molecule has 0 saturated heterocycles. The van der Waals surface area contributed by atoms with Gasteiger partial charge in [-0.05, 0) is 24.7 Å². The molecular weight excluding hydrogens is 255 g/mol. The van der Waals surface area contributed by atoms with E-state index in [9.17, 15) is 4.39 Å². The van der Waals surface area contributed by atoms with E-state index < -0.39 is 0 Å². The summed E-state index contributed by atoms with van der Waals surface area (Å²) in [4.78, 5) is 6.07. The number of rotatable bonds is 5. The normalized spacial score (nSPS) is 10.8. The van der Waals surface area contributed by atoms with E-state index in [1.807, 2.05) is 24.1 Å². The molecule has 2 rings (SSSR count). The lowest BCUT2D eigenvalue weighted by Crippen LogP contribution is -2.22. The minimum Gasteiger partial charge on any atom is -0.382 e. The number of hydrogen-bond donors (Lipinski definition) is 2. The third-order valence-corrected chi connectivity index (χ3v) is 2.98. The molecule has 0 radical (unpaired) electrons. The van der Waals surface area contributed by atoms with E-state index in [1.54, 1.807) is 24.4 Å². The van der Waals surface area contributed by atoms with Crippen molar-refractivity contribution < 1.29 is 4.39 Å². The Morgan fingerprint density at radius 2 is 1.85 bits per heavy atom. The molecule has 2 aromatic rings. The van der Waals surface area contributed by atoms with Crippen molar-refractivity contribution in [3.63, 3.8) is 0 Å². The predicted octanol–water partition coefficient (Wildman–Crippen LogP) is 2.14. The third-order valence-electron chi connectivity index (χ3n) is 2.98. The van der Waals surface area contributed by atoms with Crippen molar-refractivity contribution in [2.75, 3.05) is 7.05 Å². The van der Waals surface area contributed by atoms with E-state index in [0.717, 1.165) is 5.56 Å². The van der Waals surface area contributed by atoms with E-state index in [0.29, 0.717) is 24.3 Å². The lowest BCUT2D eigenvalue weighted by atomic mass is 10.1. The first-order valence-corrected chi connectivity index (χ1v) is 6.28. The number of nitrogens with zero attached hydrogens (tertiary/aromatic N) is 2. The van der Waals surface area contributed by atoms with Crippen LogP contribution in [0.4, 0.5) is 4.39 Å². The van der Waals surface area contributed by atoms with Gasteiger partial charge >= 0.3 is 0 Å². The molecule has 0 aliphatic carbocycles. The Morgan fingerprint density at radius 1 is 1.20 bits per heavy atom. The number of nitrogen functional groups attached to an aromatic ring is 1. The summed E-state index contributed by atoms with van der Waals surface area (Å²) < 4.78 is 13.6. The molecular formula is C15H17FN4. The first kappa shape index (κ1) is 14.1. The molecule has 4 nitrogen and oxygen atoms in total. The van der Waals surface area contributed by atoms with Crippen LogP contribution in [0.2, 0.25) is 0 Å². The van der Waals surface area contributed by atoms with Crippen molar-refractivity contribution >= 4 is 5.84 Å². The van der Waals surface area contributed by atoms with Gasteiger partial charge in [0.05, 0.1) is 0 Å². The van der Waals surface area contributed by atoms with Crippen molar-refractivity contribution in [2.45, 2.75) is 13.1 Å². The van der Waals surface area contributed by atoms with Gasteiger partial charge in [-0.25, -0.2) is 4.39 Å². The molecule has 0 spiro atoms. The number of nitrogens with one attached hydrogen (secondary N) is 1. The summed E-state index contributed by atoms with van der Waals surface area (Å²) in [5, 5.41) is 7.51. The largest absolute Gasteiger partial charge is 0.382 e. The van der Waals surface area contributed by atoms with Gasteiger partial charge in [0.25, 0.3) is 0 Å². The van der Waals surface area contributed by atoms with Crippen LogP contribution in [0.15, 0.2) is 42.6 Å². The Balaban J connectivity index is 2.11. The Hall–Kier alpha value is -2.27. The molecule has 0 saturated carbocycles. The minimum absolute atomic E-state index is 0.0557. The molecule has 0 amide bonds. The van der Waals surface area contributed by atoms with Crippen LogP contribution in [0.5, 0.6) is 0 Å². The Bertz CT molecular complexity index is 612. The van der Waals surface area contributed by atoms with E-state index in [4.69, 9.17) is 11.1 Å². The van der Waals surface area contributed by atoms with Crippen LogP contribution in [-0.2, 0) is 13.1 Å². The fourth-order valence-corrected chi connectivity index (χ4v) is 2.07. The smallest absolute Gasteiger partial charge is 0.142 e. The van der Waals surface area contributed by atoms with Crippen LogP contribution in [0.25, 0.3) is 0 Å². The monoisotopic (exact) mass is 272 g/mol. The molecule has 20 heavy (non-hydrogen) atoms. The lowest BCUT2D eigenvalue weighted by molar-refractivity contribution is 0.313. The number of amidine groups is 1. The van der Waals surface area contributed by atoms with E-state index >= 15 is 0 Å². The fraction of sp³-hybridized carbons (Fsp3) is 0.200. The van der Waals surface area contributed by atoms with E-state index in [-0.39, 0.29) is 11.7 Å². The van der Waals surface area contributed by atoms with Crippen LogP contribution < -0.4 is 5.73 Å². The molecule has 1 heterocycles. The maximum absolute atomic E-state index is 13.6. The zero-order valence-corrected chi connectivity index (χ0v) is 11.3. The van der Waals surface area contributed by atoms with E-state index in [1.165, 1.54) is 6.07 Å². The van der Waals surface area contributed by atoms with Gasteiger partial charge in [-0.3, -0.25) is 15.3 Å². The van der Waals surface area contributed by atoms with Gasteiger partial charge in [-0.15, -0.1) is 0 Å². The zero-order chi connectivity index (χ0) is 14.5. The average Bonchev–Trinajstić information content (AvgIpc) is 2.41. The van der Waals surface area contributed by atoms with E-state index in [2.05, 4.69) is 4.98 Å². The fourth-order valence-electron chi connectivity index (χ4n) is 2.07. The first-order valence-electron chi connectivity index (χ1n) is 6.28. The van der Waals surface area contributed by atoms with Gasteiger partial charge in [0.15, 0.2) is 0 Å². The third kappa shape index (κ3) is 3.39. The first-order chi connectivity index (χ1) is 9.58. The van der Waals surface area contributed by atoms with Gasteiger partial charge in [0.2, 0.25) is 0 Å². The van der Waals surface area contributed by atoms with Crippen LogP contribution in [0, 0.1) is 11.2 Å². The molecule has 1 aromatic carbocycles. The highest BCUT2D eigenvalue weighted by atomic mass is 19.1. The zero-order valence-electron chi connectivity index (χ0n) is 11.3. The quantitative estimate of drug-likeness (QED) is 0.647. The molecule has 104 valence electrons. The summed E-state index contributed by atoms with van der Waals surface area (Å²) in [5.41, 5.74) is 7.49. The highest BCUT2D eigenvalue weighted by Gasteiger charge is 2.10. The molecule has 0 aliphatic heterocycles. The lowest BCUT2D eigenvalue weighted by Gasteiger charge is -2.18. The second kappa shape index (κ2) is 6.25. The van der Waals surface area contributed by atoms with Crippen LogP contribution >= 0.6 is 0 Å². The molecule has 0 aliphatic rings. The molecule has 3 N–H and O–H groups in total. The predicted molar refractivity (Wildman–Crippen MR) is 76.8 cm³/mol. The topological polar surface area (TPSA) is 66.0 Å². The van der Waals surface area contributed by atoms with Crippen LogP contribution in [0.1, 0.15) is 16.8 Å². The summed E-state index contributed by atoms with van der Waals surface area (Å²) in [7, 11) is 1.89. The minimum atomic E-state index is -0.211. The number of benzene rings is 1. The molecule has 0 fully saturated rings. The van der Waals surface area contributed by atoms with Crippen molar-refractivity contribution in [3.8, 4) is 0 Å².